The summed E-state index contributed by atoms with van der Waals surface area (Å²) in [6, 6.07) is 5.98. The van der Waals surface area contributed by atoms with Gasteiger partial charge in [0, 0.05) is 25.1 Å². The maximum atomic E-state index is 12.0. The number of hydrogen-bond acceptors (Lipinski definition) is 5. The van der Waals surface area contributed by atoms with Gasteiger partial charge in [-0.1, -0.05) is 6.07 Å². The quantitative estimate of drug-likeness (QED) is 0.813. The summed E-state index contributed by atoms with van der Waals surface area (Å²) in [5, 5.41) is 8.53. The molecule has 2 aromatic heterocycles. The number of rotatable bonds is 6. The summed E-state index contributed by atoms with van der Waals surface area (Å²) in [5.41, 5.74) is 0.846. The van der Waals surface area contributed by atoms with Gasteiger partial charge in [0.15, 0.2) is 5.03 Å². The molecule has 8 heteroatoms. The first-order chi connectivity index (χ1) is 9.99. The summed E-state index contributed by atoms with van der Waals surface area (Å²) in [6.45, 7) is 0.205. The first kappa shape index (κ1) is 15.1. The van der Waals surface area contributed by atoms with Gasteiger partial charge in [-0.3, -0.25) is 4.98 Å². The Balaban J connectivity index is 2.00. The summed E-state index contributed by atoms with van der Waals surface area (Å²) in [7, 11) is -3.75. The molecule has 0 atom stereocenters. The number of carbonyl (C=O) groups is 1. The molecule has 2 aromatic rings. The minimum Gasteiger partial charge on any atom is -0.478 e. The molecule has 0 amide bonds. The van der Waals surface area contributed by atoms with Crippen LogP contribution in [-0.4, -0.2) is 36.0 Å². The van der Waals surface area contributed by atoms with Crippen LogP contribution < -0.4 is 4.72 Å². The maximum absolute atomic E-state index is 12.0. The van der Waals surface area contributed by atoms with Gasteiger partial charge in [-0.2, -0.15) is 0 Å². The number of sulfonamides is 1. The third-order valence-corrected chi connectivity index (χ3v) is 4.06. The van der Waals surface area contributed by atoms with Crippen LogP contribution in [0, 0.1) is 0 Å². The van der Waals surface area contributed by atoms with Gasteiger partial charge < -0.3 is 5.11 Å². The van der Waals surface area contributed by atoms with E-state index < -0.39 is 16.0 Å². The van der Waals surface area contributed by atoms with E-state index >= 15 is 0 Å². The van der Waals surface area contributed by atoms with E-state index in [0.717, 1.165) is 17.8 Å². The topological polar surface area (TPSA) is 109 Å². The Morgan fingerprint density at radius 2 is 2.05 bits per heavy atom. The van der Waals surface area contributed by atoms with E-state index in [4.69, 9.17) is 5.11 Å². The molecule has 0 saturated heterocycles. The summed E-state index contributed by atoms with van der Waals surface area (Å²) < 4.78 is 26.3. The zero-order chi connectivity index (χ0) is 15.3. The van der Waals surface area contributed by atoms with Crippen LogP contribution in [0.5, 0.6) is 0 Å². The third kappa shape index (κ3) is 4.07. The fourth-order valence-electron chi connectivity index (χ4n) is 1.62. The van der Waals surface area contributed by atoms with Crippen LogP contribution >= 0.6 is 0 Å². The summed E-state index contributed by atoms with van der Waals surface area (Å²) >= 11 is 0. The first-order valence-electron chi connectivity index (χ1n) is 6.07. The number of carboxylic acid groups (broad SMARTS) is 1. The monoisotopic (exact) mass is 307 g/mol. The van der Waals surface area contributed by atoms with Crippen LogP contribution in [0.4, 0.5) is 0 Å². The lowest BCUT2D eigenvalue weighted by molar-refractivity contribution is 0.0696. The van der Waals surface area contributed by atoms with Crippen LogP contribution in [0.25, 0.3) is 0 Å². The van der Waals surface area contributed by atoms with Gasteiger partial charge in [0.1, 0.15) is 0 Å². The molecule has 21 heavy (non-hydrogen) atoms. The molecule has 2 N–H and O–H groups in total. The molecule has 2 rings (SSSR count). The molecule has 0 aromatic carbocycles. The van der Waals surface area contributed by atoms with Crippen molar-refractivity contribution >= 4 is 16.0 Å². The van der Waals surface area contributed by atoms with Crippen molar-refractivity contribution in [1.29, 1.82) is 0 Å². The zero-order valence-electron chi connectivity index (χ0n) is 10.9. The van der Waals surface area contributed by atoms with Crippen LogP contribution in [0.3, 0.4) is 0 Å². The SMILES string of the molecule is O=C(O)c1ccc(S(=O)(=O)NCCc2cccnc2)nc1. The normalized spacial score (nSPS) is 11.2. The Bertz CT molecular complexity index is 715. The minimum atomic E-state index is -3.75. The van der Waals surface area contributed by atoms with Crippen molar-refractivity contribution in [3.8, 4) is 0 Å². The van der Waals surface area contributed by atoms with Gasteiger partial charge in [0.25, 0.3) is 10.0 Å². The van der Waals surface area contributed by atoms with Crippen molar-refractivity contribution in [1.82, 2.24) is 14.7 Å². The number of hydrogen-bond donors (Lipinski definition) is 2. The highest BCUT2D eigenvalue weighted by Crippen LogP contribution is 2.07. The van der Waals surface area contributed by atoms with Gasteiger partial charge in [-0.05, 0) is 30.2 Å². The van der Waals surface area contributed by atoms with E-state index in [2.05, 4.69) is 14.7 Å². The fourth-order valence-corrected chi connectivity index (χ4v) is 2.57. The van der Waals surface area contributed by atoms with E-state index in [0.29, 0.717) is 6.42 Å². The second-order valence-corrected chi connectivity index (χ2v) is 5.91. The van der Waals surface area contributed by atoms with Crippen molar-refractivity contribution < 1.29 is 18.3 Å². The van der Waals surface area contributed by atoms with Gasteiger partial charge in [0.2, 0.25) is 0 Å². The molecule has 0 fully saturated rings. The smallest absolute Gasteiger partial charge is 0.337 e. The molecule has 2 heterocycles. The fraction of sp³-hybridized carbons (Fsp3) is 0.154. The lowest BCUT2D eigenvalue weighted by atomic mass is 10.2. The molecular formula is C13H13N3O4S. The molecule has 0 bridgehead atoms. The van der Waals surface area contributed by atoms with Crippen LogP contribution in [0.2, 0.25) is 0 Å². The Morgan fingerprint density at radius 1 is 1.24 bits per heavy atom. The lowest BCUT2D eigenvalue weighted by Crippen LogP contribution is -2.26. The average Bonchev–Trinajstić information content (AvgIpc) is 2.48. The molecule has 0 unspecified atom stereocenters. The molecule has 0 spiro atoms. The molecule has 0 aliphatic rings. The third-order valence-electron chi connectivity index (χ3n) is 2.69. The van der Waals surface area contributed by atoms with Gasteiger partial charge in [-0.25, -0.2) is 22.9 Å². The van der Waals surface area contributed by atoms with Crippen LogP contribution in [0.1, 0.15) is 15.9 Å². The Labute approximate surface area is 121 Å². The van der Waals surface area contributed by atoms with Crippen molar-refractivity contribution in [2.75, 3.05) is 6.54 Å². The predicted octanol–water partition coefficient (Wildman–Crippen LogP) is 0.696. The van der Waals surface area contributed by atoms with Gasteiger partial charge >= 0.3 is 5.97 Å². The van der Waals surface area contributed by atoms with E-state index in [-0.39, 0.29) is 17.1 Å². The highest BCUT2D eigenvalue weighted by molar-refractivity contribution is 7.89. The number of pyridine rings is 2. The van der Waals surface area contributed by atoms with E-state index in [1.165, 1.54) is 6.07 Å². The summed E-state index contributed by atoms with van der Waals surface area (Å²) in [4.78, 5) is 18.3. The molecule has 7 nitrogen and oxygen atoms in total. The second kappa shape index (κ2) is 6.42. The number of nitrogens with one attached hydrogen (secondary N) is 1. The van der Waals surface area contributed by atoms with E-state index in [1.807, 2.05) is 6.07 Å². The zero-order valence-corrected chi connectivity index (χ0v) is 11.7. The average molecular weight is 307 g/mol. The van der Waals surface area contributed by atoms with Gasteiger partial charge in [0.05, 0.1) is 5.56 Å². The van der Waals surface area contributed by atoms with Crippen LogP contribution in [0.15, 0.2) is 47.9 Å². The summed E-state index contributed by atoms with van der Waals surface area (Å²) in [5.74, 6) is -1.16. The largest absolute Gasteiger partial charge is 0.478 e. The van der Waals surface area contributed by atoms with Crippen molar-refractivity contribution in [2.24, 2.45) is 0 Å². The highest BCUT2D eigenvalue weighted by Gasteiger charge is 2.15. The summed E-state index contributed by atoms with van der Waals surface area (Å²) in [6.07, 6.45) is 4.81. The Kier molecular flexibility index (Phi) is 4.61. The standard InChI is InChI=1S/C13H13N3O4S/c17-13(18)11-3-4-12(15-9-11)21(19,20)16-7-5-10-2-1-6-14-8-10/h1-4,6,8-9,16H,5,7H2,(H,17,18). The molecular weight excluding hydrogens is 294 g/mol. The molecule has 0 aliphatic carbocycles. The molecule has 0 saturated carbocycles. The van der Waals surface area contributed by atoms with Crippen molar-refractivity contribution in [3.63, 3.8) is 0 Å². The van der Waals surface area contributed by atoms with Crippen molar-refractivity contribution in [3.05, 3.63) is 54.0 Å². The van der Waals surface area contributed by atoms with Gasteiger partial charge in [-0.15, -0.1) is 0 Å². The Morgan fingerprint density at radius 3 is 2.62 bits per heavy atom. The minimum absolute atomic E-state index is 0.0655. The lowest BCUT2D eigenvalue weighted by Gasteiger charge is -2.06. The van der Waals surface area contributed by atoms with Crippen molar-refractivity contribution in [2.45, 2.75) is 11.4 Å². The number of aromatic carboxylic acids is 1. The molecule has 110 valence electrons. The highest BCUT2D eigenvalue weighted by atomic mass is 32.2. The number of aromatic nitrogens is 2. The predicted molar refractivity (Wildman–Crippen MR) is 74.3 cm³/mol. The van der Waals surface area contributed by atoms with E-state index in [9.17, 15) is 13.2 Å². The molecule has 0 aliphatic heterocycles. The Hall–Kier alpha value is -2.32. The molecule has 0 radical (unpaired) electrons. The number of nitrogens with zero attached hydrogens (tertiary/aromatic N) is 2. The first-order valence-corrected chi connectivity index (χ1v) is 7.55. The number of carboxylic acids is 1. The maximum Gasteiger partial charge on any atom is 0.337 e. The van der Waals surface area contributed by atoms with E-state index in [1.54, 1.807) is 18.5 Å². The second-order valence-electron chi connectivity index (χ2n) is 4.20. The van der Waals surface area contributed by atoms with Crippen LogP contribution in [-0.2, 0) is 16.4 Å².